The Kier molecular flexibility index (Phi) is 8.16. The molecule has 4 heterocycles. The number of benzene rings is 5. The molecule has 0 saturated carbocycles. The molecule has 5 aromatic carbocycles. The van der Waals surface area contributed by atoms with E-state index in [1.807, 2.05) is 11.3 Å². The van der Waals surface area contributed by atoms with E-state index in [0.29, 0.717) is 0 Å². The molecule has 8 aromatic rings. The van der Waals surface area contributed by atoms with Crippen LogP contribution < -0.4 is 9.13 Å². The number of imidazole rings is 1. The van der Waals surface area contributed by atoms with Crippen LogP contribution in [0.1, 0.15) is 68.7 Å². The van der Waals surface area contributed by atoms with Gasteiger partial charge in [0.2, 0.25) is 5.69 Å². The van der Waals surface area contributed by atoms with Crippen LogP contribution in [0, 0.1) is 20.8 Å². The van der Waals surface area contributed by atoms with E-state index in [-0.39, 0.29) is 11.0 Å². The molecule has 0 amide bonds. The second-order valence-corrected chi connectivity index (χ2v) is 16.5. The first-order valence-corrected chi connectivity index (χ1v) is 20.3. The molecule has 53 heavy (non-hydrogen) atoms. The Balaban J connectivity index is 1.18. The lowest BCUT2D eigenvalue weighted by atomic mass is 9.58. The number of nitrogens with zero attached hydrogens (tertiary/aromatic N) is 3. The zero-order valence-electron chi connectivity index (χ0n) is 31.9. The number of pyridine rings is 1. The van der Waals surface area contributed by atoms with Gasteiger partial charge in [0, 0.05) is 44.1 Å². The molecule has 9 rings (SSSR count). The fraction of sp³-hybridized carbons (Fsp3) is 0.265. The maximum Gasteiger partial charge on any atom is 0.295 e. The summed E-state index contributed by atoms with van der Waals surface area (Å²) in [4.78, 5) is 0. The van der Waals surface area contributed by atoms with Crippen LogP contribution in [0.4, 0.5) is 0 Å². The van der Waals surface area contributed by atoms with Crippen molar-refractivity contribution in [2.75, 3.05) is 0 Å². The molecule has 0 aliphatic carbocycles. The summed E-state index contributed by atoms with van der Waals surface area (Å²) in [7, 11) is 0. The summed E-state index contributed by atoms with van der Waals surface area (Å²) in [6.07, 6.45) is 6.57. The number of fused-ring (bicyclic) bond motifs is 8. The Bertz CT molecular complexity index is 2680. The first-order valence-electron chi connectivity index (χ1n) is 19.4. The number of para-hydroxylation sites is 3. The molecule has 0 bridgehead atoms. The number of hydrogen-bond acceptors (Lipinski definition) is 1. The van der Waals surface area contributed by atoms with Gasteiger partial charge in [0.25, 0.3) is 5.82 Å². The normalized spacial score (nSPS) is 18.2. The van der Waals surface area contributed by atoms with Gasteiger partial charge >= 0.3 is 0 Å². The SMILES string of the molecule is CCC1(CCC[n+]2ccccc2-c2c(C)ccc3c2sc2ccccc23)c2ccccc2-c2n(-c3c(C)cccc3C)c3ccccc3[n+]2C1(C)CC. The molecule has 0 radical (unpaired) electrons. The predicted octanol–water partition coefficient (Wildman–Crippen LogP) is 12.1. The number of thiophene rings is 1. The van der Waals surface area contributed by atoms with Crippen molar-refractivity contribution in [3.05, 3.63) is 150 Å². The highest BCUT2D eigenvalue weighted by molar-refractivity contribution is 7.26. The molecule has 2 unspecified atom stereocenters. The molecule has 0 fully saturated rings. The van der Waals surface area contributed by atoms with Gasteiger partial charge in [0.05, 0.1) is 11.1 Å². The summed E-state index contributed by atoms with van der Waals surface area (Å²) in [6.45, 7) is 15.2. The van der Waals surface area contributed by atoms with E-state index in [0.717, 1.165) is 32.2 Å². The van der Waals surface area contributed by atoms with Crippen molar-refractivity contribution in [3.63, 3.8) is 0 Å². The van der Waals surface area contributed by atoms with Gasteiger partial charge in [-0.15, -0.1) is 11.3 Å². The minimum absolute atomic E-state index is 0.0668. The Hall–Kier alpha value is -5.06. The Morgan fingerprint density at radius 3 is 2.23 bits per heavy atom. The molecule has 264 valence electrons. The molecule has 1 aliphatic rings. The van der Waals surface area contributed by atoms with E-state index in [9.17, 15) is 0 Å². The second-order valence-electron chi connectivity index (χ2n) is 15.4. The van der Waals surface area contributed by atoms with Crippen LogP contribution in [-0.2, 0) is 17.5 Å². The van der Waals surface area contributed by atoms with Crippen LogP contribution in [0.2, 0.25) is 0 Å². The topological polar surface area (TPSA) is 12.7 Å². The van der Waals surface area contributed by atoms with Gasteiger partial charge in [0.1, 0.15) is 17.8 Å². The number of hydrogen-bond donors (Lipinski definition) is 0. The number of aromatic nitrogens is 3. The molecular weight excluding hydrogens is 663 g/mol. The maximum absolute atomic E-state index is 2.76. The van der Waals surface area contributed by atoms with Gasteiger partial charge in [-0.05, 0) is 99.5 Å². The summed E-state index contributed by atoms with van der Waals surface area (Å²) >= 11 is 1.93. The molecule has 0 N–H and O–H groups in total. The first kappa shape index (κ1) is 33.8. The van der Waals surface area contributed by atoms with Crippen molar-refractivity contribution >= 4 is 42.5 Å². The lowest BCUT2D eigenvalue weighted by Crippen LogP contribution is -2.68. The summed E-state index contributed by atoms with van der Waals surface area (Å²) in [6, 6.07) is 45.4. The molecule has 0 saturated heterocycles. The summed E-state index contributed by atoms with van der Waals surface area (Å²) < 4.78 is 10.6. The van der Waals surface area contributed by atoms with Gasteiger partial charge in [-0.3, -0.25) is 0 Å². The van der Waals surface area contributed by atoms with Crippen LogP contribution in [0.15, 0.2) is 128 Å². The lowest BCUT2D eigenvalue weighted by Gasteiger charge is -2.50. The first-order chi connectivity index (χ1) is 25.8. The fourth-order valence-corrected chi connectivity index (χ4v) is 11.5. The standard InChI is InChI=1S/C49H49N3S/c1-7-48(6)49(8-2,30-18-32-50-31-16-15-26-42(50)44-33(3)28-29-37-36-21-10-14-27-43(36)53-46(37)44)39-23-11-9-22-38(39)47-51(45-34(4)19-17-20-35(45)5)40-24-12-13-25-41(40)52(47)48/h9-17,19-29,31H,7-8,18,30,32H2,1-6H3/q+2. The highest BCUT2D eigenvalue weighted by Gasteiger charge is 2.58. The molecule has 0 spiro atoms. The average molecular weight is 712 g/mol. The summed E-state index contributed by atoms with van der Waals surface area (Å²) in [5.41, 5.74) is 13.1. The second kappa shape index (κ2) is 12.8. The quantitative estimate of drug-likeness (QED) is 0.139. The van der Waals surface area contributed by atoms with Crippen LogP contribution in [0.5, 0.6) is 0 Å². The van der Waals surface area contributed by atoms with Gasteiger partial charge < -0.3 is 0 Å². The minimum Gasteiger partial charge on any atom is -0.216 e. The fourth-order valence-electron chi connectivity index (χ4n) is 10.2. The zero-order valence-corrected chi connectivity index (χ0v) is 32.7. The largest absolute Gasteiger partial charge is 0.295 e. The Morgan fingerprint density at radius 1 is 0.679 bits per heavy atom. The van der Waals surface area contributed by atoms with E-state index >= 15 is 0 Å². The molecule has 1 aliphatic heterocycles. The van der Waals surface area contributed by atoms with Crippen LogP contribution in [-0.4, -0.2) is 4.57 Å². The van der Waals surface area contributed by atoms with E-state index in [2.05, 4.69) is 183 Å². The smallest absolute Gasteiger partial charge is 0.216 e. The highest BCUT2D eigenvalue weighted by Crippen LogP contribution is 2.54. The van der Waals surface area contributed by atoms with Crippen molar-refractivity contribution in [1.29, 1.82) is 0 Å². The average Bonchev–Trinajstić information content (AvgIpc) is 3.73. The van der Waals surface area contributed by atoms with E-state index < -0.39 is 0 Å². The zero-order chi connectivity index (χ0) is 36.5. The van der Waals surface area contributed by atoms with E-state index in [4.69, 9.17) is 0 Å². The van der Waals surface area contributed by atoms with E-state index in [1.54, 1.807) is 0 Å². The van der Waals surface area contributed by atoms with Crippen molar-refractivity contribution < 1.29 is 9.13 Å². The maximum atomic E-state index is 2.76. The summed E-state index contributed by atoms with van der Waals surface area (Å²) in [5.74, 6) is 1.30. The van der Waals surface area contributed by atoms with Crippen LogP contribution in [0.25, 0.3) is 59.5 Å². The molecule has 2 atom stereocenters. The molecule has 4 heteroatoms. The Labute approximate surface area is 317 Å². The number of aryl methyl sites for hydroxylation is 4. The minimum atomic E-state index is -0.156. The van der Waals surface area contributed by atoms with Crippen molar-refractivity contribution in [1.82, 2.24) is 4.57 Å². The van der Waals surface area contributed by atoms with Crippen molar-refractivity contribution in [2.24, 2.45) is 0 Å². The Morgan fingerprint density at radius 2 is 1.42 bits per heavy atom. The third-order valence-electron chi connectivity index (χ3n) is 12.9. The summed E-state index contributed by atoms with van der Waals surface area (Å²) in [5, 5.41) is 2.71. The number of rotatable bonds is 8. The van der Waals surface area contributed by atoms with E-state index in [1.165, 1.54) is 81.8 Å². The van der Waals surface area contributed by atoms with Gasteiger partial charge in [0.15, 0.2) is 17.2 Å². The van der Waals surface area contributed by atoms with Gasteiger partial charge in [-0.2, -0.15) is 9.13 Å². The van der Waals surface area contributed by atoms with Crippen molar-refractivity contribution in [2.45, 2.75) is 84.7 Å². The van der Waals surface area contributed by atoms with Gasteiger partial charge in [-0.1, -0.05) is 92.7 Å². The molecule has 3 nitrogen and oxygen atoms in total. The van der Waals surface area contributed by atoms with Crippen molar-refractivity contribution in [3.8, 4) is 28.3 Å². The van der Waals surface area contributed by atoms with Crippen LogP contribution >= 0.6 is 11.3 Å². The highest BCUT2D eigenvalue weighted by atomic mass is 32.1. The third kappa shape index (κ3) is 4.84. The molecular formula is C49H49N3S+2. The lowest BCUT2D eigenvalue weighted by molar-refractivity contribution is -0.744. The predicted molar refractivity (Wildman–Crippen MR) is 223 cm³/mol. The van der Waals surface area contributed by atoms with Gasteiger partial charge in [-0.25, -0.2) is 4.57 Å². The molecule has 3 aromatic heterocycles. The monoisotopic (exact) mass is 711 g/mol. The third-order valence-corrected chi connectivity index (χ3v) is 14.1. The van der Waals surface area contributed by atoms with Crippen LogP contribution in [0.3, 0.4) is 0 Å².